The fourth-order valence-corrected chi connectivity index (χ4v) is 4.15. The van der Waals surface area contributed by atoms with Gasteiger partial charge in [0, 0.05) is 27.5 Å². The normalized spacial score (nSPS) is 13.4. The minimum atomic E-state index is -2.49. The molecule has 1 unspecified atom stereocenters. The van der Waals surface area contributed by atoms with Gasteiger partial charge in [-0.05, 0) is 61.5 Å². The zero-order valence-electron chi connectivity index (χ0n) is 17.8. The second kappa shape index (κ2) is 10.2. The van der Waals surface area contributed by atoms with Crippen molar-refractivity contribution in [2.24, 2.45) is 0 Å². The molecular weight excluding hydrogens is 424 g/mol. The predicted octanol–water partition coefficient (Wildman–Crippen LogP) is 3.22. The number of hydrogen-bond acceptors (Lipinski definition) is 4. The number of hydrogen-bond donors (Lipinski definition) is 2. The van der Waals surface area contributed by atoms with Gasteiger partial charge in [-0.2, -0.15) is 0 Å². The van der Waals surface area contributed by atoms with Crippen LogP contribution in [0.4, 0.5) is 0 Å². The third-order valence-electron chi connectivity index (χ3n) is 4.27. The van der Waals surface area contributed by atoms with Crippen LogP contribution >= 0.6 is 11.6 Å². The van der Waals surface area contributed by atoms with Crippen LogP contribution in [0.15, 0.2) is 42.5 Å². The van der Waals surface area contributed by atoms with E-state index in [-0.39, 0.29) is 5.91 Å². The van der Waals surface area contributed by atoms with Gasteiger partial charge in [0.2, 0.25) is 5.91 Å². The Morgan fingerprint density at radius 2 is 1.77 bits per heavy atom. The van der Waals surface area contributed by atoms with Gasteiger partial charge in [-0.15, -0.1) is 0 Å². The van der Waals surface area contributed by atoms with Crippen molar-refractivity contribution in [1.29, 1.82) is 0 Å². The Bertz CT molecular complexity index is 973. The minimum Gasteiger partial charge on any atom is -0.493 e. The third kappa shape index (κ3) is 7.55. The van der Waals surface area contributed by atoms with Gasteiger partial charge in [-0.25, -0.2) is 4.72 Å². The molecule has 30 heavy (non-hydrogen) atoms. The Kier molecular flexibility index (Phi) is 8.18. The number of benzene rings is 2. The van der Waals surface area contributed by atoms with Gasteiger partial charge in [0.25, 0.3) is 0 Å². The van der Waals surface area contributed by atoms with E-state index < -0.39 is 15.2 Å². The molecule has 0 aliphatic carbocycles. The third-order valence-corrected chi connectivity index (χ3v) is 5.47. The van der Waals surface area contributed by atoms with E-state index >= 15 is 0 Å². The van der Waals surface area contributed by atoms with Crippen LogP contribution in [0.1, 0.15) is 25.0 Å². The number of methoxy groups -OCH3 is 1. The van der Waals surface area contributed by atoms with Gasteiger partial charge in [-0.3, -0.25) is 9.00 Å². The lowest BCUT2D eigenvalue weighted by Crippen LogP contribution is -2.54. The largest absolute Gasteiger partial charge is 0.493 e. The zero-order valence-corrected chi connectivity index (χ0v) is 19.4. The quantitative estimate of drug-likeness (QED) is 0.543. The second-order valence-corrected chi connectivity index (χ2v) is 10.3. The van der Waals surface area contributed by atoms with E-state index in [2.05, 4.69) is 15.9 Å². The lowest BCUT2D eigenvalue weighted by molar-refractivity contribution is -0.125. The van der Waals surface area contributed by atoms with Crippen LogP contribution in [0.25, 0.3) is 0 Å². The summed E-state index contributed by atoms with van der Waals surface area (Å²) < 4.78 is 25.9. The number of rotatable bonds is 10. The van der Waals surface area contributed by atoms with Crippen molar-refractivity contribution >= 4 is 33.1 Å². The maximum absolute atomic E-state index is 12.4. The van der Waals surface area contributed by atoms with Gasteiger partial charge >= 0.3 is 0 Å². The van der Waals surface area contributed by atoms with E-state index in [1.807, 2.05) is 42.5 Å². The van der Waals surface area contributed by atoms with Crippen molar-refractivity contribution in [2.45, 2.75) is 32.4 Å². The van der Waals surface area contributed by atoms with E-state index in [1.54, 1.807) is 21.0 Å². The van der Waals surface area contributed by atoms with Crippen LogP contribution in [0, 0.1) is 0 Å². The molecule has 0 saturated carbocycles. The van der Waals surface area contributed by atoms with Gasteiger partial charge in [0.1, 0.15) is 12.1 Å². The summed E-state index contributed by atoms with van der Waals surface area (Å²) in [7, 11) is -0.905. The predicted molar refractivity (Wildman–Crippen MR) is 124 cm³/mol. The highest BCUT2D eigenvalue weighted by molar-refractivity contribution is 7.97. The molecule has 0 aliphatic rings. The molecule has 6 nitrogen and oxygen atoms in total. The molecule has 0 spiro atoms. The molecule has 0 heterocycles. The first-order chi connectivity index (χ1) is 14.0. The Balaban J connectivity index is 1.92. The highest BCUT2D eigenvalue weighted by Gasteiger charge is 2.28. The highest BCUT2D eigenvalue weighted by atomic mass is 35.5. The van der Waals surface area contributed by atoms with E-state index in [9.17, 15) is 9.00 Å². The van der Waals surface area contributed by atoms with Crippen molar-refractivity contribution in [1.82, 2.24) is 10.0 Å². The van der Waals surface area contributed by atoms with Crippen LogP contribution in [0.2, 0.25) is 5.02 Å². The Hall–Kier alpha value is -2.22. The van der Waals surface area contributed by atoms with Gasteiger partial charge < -0.3 is 14.8 Å². The maximum Gasteiger partial charge on any atom is 0.240 e. The summed E-state index contributed by atoms with van der Waals surface area (Å²) in [5, 5.41) is 3.54. The average molecular weight is 453 g/mol. The summed E-state index contributed by atoms with van der Waals surface area (Å²) >= 11 is 5.90. The molecule has 2 rings (SSSR count). The van der Waals surface area contributed by atoms with Crippen molar-refractivity contribution in [3.05, 3.63) is 58.6 Å². The molecule has 1 amide bonds. The fourth-order valence-electron chi connectivity index (χ4n) is 2.86. The highest BCUT2D eigenvalue weighted by Crippen LogP contribution is 2.29. The molecule has 2 aromatic carbocycles. The summed E-state index contributed by atoms with van der Waals surface area (Å²) in [6, 6.07) is 13.1. The van der Waals surface area contributed by atoms with Crippen molar-refractivity contribution in [3.8, 4) is 11.5 Å². The Morgan fingerprint density at radius 1 is 1.13 bits per heavy atom. The molecule has 8 heteroatoms. The number of carbonyl (C=O) groups is 1. The molecule has 0 bridgehead atoms. The SMILES string of the molecule is C=S(C)(=O)NC(C)(C)C(=O)NCCc1ccc(OCc2ccc(Cl)cc2)c(OC)c1. The number of carbonyl (C=O) groups excluding carboxylic acids is 1. The number of halogens is 1. The molecule has 2 N–H and O–H groups in total. The molecule has 164 valence electrons. The number of ether oxygens (including phenoxy) is 2. The van der Waals surface area contributed by atoms with Crippen molar-refractivity contribution in [2.75, 3.05) is 19.9 Å². The van der Waals surface area contributed by atoms with Crippen LogP contribution in [0.5, 0.6) is 11.5 Å². The average Bonchev–Trinajstić information content (AvgIpc) is 2.66. The van der Waals surface area contributed by atoms with Crippen molar-refractivity contribution in [3.63, 3.8) is 0 Å². The maximum atomic E-state index is 12.4. The zero-order chi connectivity index (χ0) is 22.4. The molecule has 0 fully saturated rings. The van der Waals surface area contributed by atoms with Gasteiger partial charge in [-0.1, -0.05) is 29.8 Å². The lowest BCUT2D eigenvalue weighted by atomic mass is 10.1. The van der Waals surface area contributed by atoms with E-state index in [0.717, 1.165) is 11.1 Å². The first kappa shape index (κ1) is 24.1. The summed E-state index contributed by atoms with van der Waals surface area (Å²) in [6.07, 6.45) is 2.08. The smallest absolute Gasteiger partial charge is 0.240 e. The van der Waals surface area contributed by atoms with Gasteiger partial charge in [0.05, 0.1) is 7.11 Å². The first-order valence-electron chi connectivity index (χ1n) is 9.44. The molecule has 1 atom stereocenters. The number of nitrogens with one attached hydrogen (secondary N) is 2. The standard InChI is InChI=1S/C22H29ClN2O4S/c1-22(2,25-30(4,5)27)21(26)24-13-12-16-8-11-19(20(14-16)28-3)29-15-17-6-9-18(23)10-7-17/h6-11,14H,4,12-13,15H2,1-3,5H3,(H,24,26)(H,25,27). The minimum absolute atomic E-state index is 0.240. The summed E-state index contributed by atoms with van der Waals surface area (Å²) in [6.45, 7) is 4.18. The van der Waals surface area contributed by atoms with E-state index in [0.29, 0.717) is 36.1 Å². The molecule has 2 aromatic rings. The van der Waals surface area contributed by atoms with Gasteiger partial charge in [0.15, 0.2) is 11.5 Å². The summed E-state index contributed by atoms with van der Waals surface area (Å²) in [5.41, 5.74) is 1.01. The van der Waals surface area contributed by atoms with E-state index in [1.165, 1.54) is 6.26 Å². The summed E-state index contributed by atoms with van der Waals surface area (Å²) in [5.74, 6) is 4.56. The summed E-state index contributed by atoms with van der Waals surface area (Å²) in [4.78, 5) is 12.4. The fraction of sp³-hybridized carbons (Fsp3) is 0.364. The Labute approximate surface area is 184 Å². The monoisotopic (exact) mass is 452 g/mol. The molecular formula is C22H29ClN2O4S. The van der Waals surface area contributed by atoms with Crippen LogP contribution in [-0.4, -0.2) is 41.4 Å². The molecule has 0 aromatic heterocycles. The van der Waals surface area contributed by atoms with Crippen LogP contribution < -0.4 is 19.5 Å². The molecule has 0 radical (unpaired) electrons. The lowest BCUT2D eigenvalue weighted by Gasteiger charge is -2.25. The van der Waals surface area contributed by atoms with Crippen LogP contribution in [0.3, 0.4) is 0 Å². The van der Waals surface area contributed by atoms with Crippen LogP contribution in [-0.2, 0) is 27.5 Å². The first-order valence-corrected chi connectivity index (χ1v) is 11.9. The topological polar surface area (TPSA) is 76.7 Å². The number of amides is 1. The molecule has 0 saturated heterocycles. The molecule has 0 aliphatic heterocycles. The van der Waals surface area contributed by atoms with Crippen molar-refractivity contribution < 1.29 is 18.5 Å². The van der Waals surface area contributed by atoms with E-state index in [4.69, 9.17) is 21.1 Å². The Morgan fingerprint density at radius 3 is 2.37 bits per heavy atom. The second-order valence-electron chi connectivity index (χ2n) is 7.64.